The van der Waals surface area contributed by atoms with E-state index in [0.29, 0.717) is 31.4 Å². The number of benzene rings is 1. The molecule has 0 unspecified atom stereocenters. The molecule has 1 amide bonds. The molecule has 1 saturated heterocycles. The number of hydrogen-bond acceptors (Lipinski definition) is 5. The lowest BCUT2D eigenvalue weighted by atomic mass is 9.89. The van der Waals surface area contributed by atoms with E-state index < -0.39 is 5.60 Å². The Bertz CT molecular complexity index is 845. The van der Waals surface area contributed by atoms with E-state index in [2.05, 4.69) is 22.1 Å². The molecule has 2 heterocycles. The lowest BCUT2D eigenvalue weighted by molar-refractivity contribution is -0.142. The third-order valence-electron chi connectivity index (χ3n) is 4.79. The summed E-state index contributed by atoms with van der Waals surface area (Å²) in [7, 11) is 0. The van der Waals surface area contributed by atoms with Crippen LogP contribution < -0.4 is 0 Å². The molecular formula is C21H29N3O4. The van der Waals surface area contributed by atoms with E-state index in [1.165, 1.54) is 5.56 Å². The van der Waals surface area contributed by atoms with Crippen LogP contribution in [0.3, 0.4) is 0 Å². The van der Waals surface area contributed by atoms with Crippen LogP contribution in [0.1, 0.15) is 57.8 Å². The van der Waals surface area contributed by atoms with Crippen LogP contribution in [0.5, 0.6) is 0 Å². The first-order valence-corrected chi connectivity index (χ1v) is 9.87. The predicted molar refractivity (Wildman–Crippen MR) is 106 cm³/mol. The van der Waals surface area contributed by atoms with Gasteiger partial charge in [0.25, 0.3) is 0 Å². The summed E-state index contributed by atoms with van der Waals surface area (Å²) in [6.45, 7) is 9.18. The van der Waals surface area contributed by atoms with Crippen LogP contribution in [-0.4, -0.2) is 52.2 Å². The maximum Gasteiger partial charge on any atom is 0.410 e. The number of H-pyrrole nitrogens is 1. The van der Waals surface area contributed by atoms with Crippen molar-refractivity contribution in [2.75, 3.05) is 19.7 Å². The Kier molecular flexibility index (Phi) is 5.91. The number of carbonyl (C=O) groups excluding carboxylic acids is 2. The topological polar surface area (TPSA) is 84.5 Å². The summed E-state index contributed by atoms with van der Waals surface area (Å²) in [6, 6.07) is 6.17. The largest absolute Gasteiger partial charge is 0.466 e. The summed E-state index contributed by atoms with van der Waals surface area (Å²) in [5.74, 6) is 0.724. The Labute approximate surface area is 165 Å². The van der Waals surface area contributed by atoms with Crippen molar-refractivity contribution in [1.29, 1.82) is 0 Å². The highest BCUT2D eigenvalue weighted by atomic mass is 16.6. The smallest absolute Gasteiger partial charge is 0.410 e. The lowest BCUT2D eigenvalue weighted by Gasteiger charge is -2.33. The molecule has 0 radical (unpaired) electrons. The van der Waals surface area contributed by atoms with Gasteiger partial charge in [-0.1, -0.05) is 6.07 Å². The standard InChI is InChI=1S/C21H29N3O4/c1-5-27-19(25)13-18-22-16-7-6-15(12-17(16)23-18)14-8-10-24(11-9-14)20(26)28-21(2,3)4/h6-7,12,14H,5,8-11,13H2,1-4H3,(H,22,23). The second-order valence-electron chi connectivity index (χ2n) is 8.18. The highest BCUT2D eigenvalue weighted by Gasteiger charge is 2.27. The fourth-order valence-corrected chi connectivity index (χ4v) is 3.49. The van der Waals surface area contributed by atoms with E-state index in [9.17, 15) is 9.59 Å². The summed E-state index contributed by atoms with van der Waals surface area (Å²) in [5.41, 5.74) is 2.52. The fourth-order valence-electron chi connectivity index (χ4n) is 3.49. The molecule has 1 N–H and O–H groups in total. The number of aromatic nitrogens is 2. The van der Waals surface area contributed by atoms with E-state index in [0.717, 1.165) is 23.9 Å². The number of piperidine rings is 1. The van der Waals surface area contributed by atoms with E-state index in [4.69, 9.17) is 9.47 Å². The molecule has 7 heteroatoms. The number of fused-ring (bicyclic) bond motifs is 1. The predicted octanol–water partition coefficient (Wildman–Crippen LogP) is 3.78. The van der Waals surface area contributed by atoms with Crippen LogP contribution in [0.4, 0.5) is 4.79 Å². The number of amides is 1. The number of nitrogens with one attached hydrogen (secondary N) is 1. The number of imidazole rings is 1. The average molecular weight is 387 g/mol. The fraction of sp³-hybridized carbons (Fsp3) is 0.571. The number of nitrogens with zero attached hydrogens (tertiary/aromatic N) is 2. The zero-order valence-electron chi connectivity index (χ0n) is 17.1. The molecule has 1 aromatic heterocycles. The number of esters is 1. The number of rotatable bonds is 4. The summed E-state index contributed by atoms with van der Waals surface area (Å²) >= 11 is 0. The van der Waals surface area contributed by atoms with Gasteiger partial charge >= 0.3 is 12.1 Å². The molecule has 1 aromatic carbocycles. The van der Waals surface area contributed by atoms with Gasteiger partial charge in [0.05, 0.1) is 17.6 Å². The van der Waals surface area contributed by atoms with Gasteiger partial charge in [0, 0.05) is 13.1 Å². The third-order valence-corrected chi connectivity index (χ3v) is 4.79. The normalized spacial score (nSPS) is 15.6. The average Bonchev–Trinajstić information content (AvgIpc) is 3.01. The molecule has 1 aliphatic heterocycles. The summed E-state index contributed by atoms with van der Waals surface area (Å²) in [6.07, 6.45) is 1.70. The molecule has 0 saturated carbocycles. The van der Waals surface area contributed by atoms with Gasteiger partial charge in [0.2, 0.25) is 0 Å². The zero-order chi connectivity index (χ0) is 20.3. The molecule has 0 spiro atoms. The number of aromatic amines is 1. The summed E-state index contributed by atoms with van der Waals surface area (Å²) in [5, 5.41) is 0. The maximum absolute atomic E-state index is 12.2. The van der Waals surface area contributed by atoms with Crippen molar-refractivity contribution in [3.05, 3.63) is 29.6 Å². The SMILES string of the molecule is CCOC(=O)Cc1nc2ccc(C3CCN(C(=O)OC(C)(C)C)CC3)cc2[nH]1. The molecule has 0 aliphatic carbocycles. The molecule has 2 aromatic rings. The molecule has 152 valence electrons. The van der Waals surface area contributed by atoms with Crippen LogP contribution in [0.15, 0.2) is 18.2 Å². The van der Waals surface area contributed by atoms with Crippen molar-refractivity contribution >= 4 is 23.1 Å². The Balaban J connectivity index is 1.63. The van der Waals surface area contributed by atoms with E-state index in [1.54, 1.807) is 11.8 Å². The molecular weight excluding hydrogens is 358 g/mol. The van der Waals surface area contributed by atoms with Crippen molar-refractivity contribution in [3.63, 3.8) is 0 Å². The second-order valence-corrected chi connectivity index (χ2v) is 8.18. The number of hydrogen-bond donors (Lipinski definition) is 1. The Morgan fingerprint density at radius 1 is 1.25 bits per heavy atom. The van der Waals surface area contributed by atoms with Gasteiger partial charge in [-0.05, 0) is 64.2 Å². The minimum atomic E-state index is -0.471. The quantitative estimate of drug-likeness (QED) is 0.807. The monoisotopic (exact) mass is 387 g/mol. The first-order valence-electron chi connectivity index (χ1n) is 9.87. The molecule has 0 atom stereocenters. The van der Waals surface area contributed by atoms with E-state index in [-0.39, 0.29) is 18.5 Å². The second kappa shape index (κ2) is 8.20. The molecule has 3 rings (SSSR count). The van der Waals surface area contributed by atoms with Gasteiger partial charge in [0.1, 0.15) is 17.8 Å². The van der Waals surface area contributed by atoms with Crippen LogP contribution >= 0.6 is 0 Å². The highest BCUT2D eigenvalue weighted by Crippen LogP contribution is 2.30. The van der Waals surface area contributed by atoms with Crippen LogP contribution in [-0.2, 0) is 20.7 Å². The van der Waals surface area contributed by atoms with Crippen molar-refractivity contribution in [2.45, 2.75) is 58.5 Å². The van der Waals surface area contributed by atoms with Crippen molar-refractivity contribution in [1.82, 2.24) is 14.9 Å². The van der Waals surface area contributed by atoms with E-state index in [1.807, 2.05) is 26.8 Å². The number of carbonyl (C=O) groups is 2. The van der Waals surface area contributed by atoms with Crippen molar-refractivity contribution in [2.24, 2.45) is 0 Å². The number of ether oxygens (including phenoxy) is 2. The first kappa shape index (κ1) is 20.2. The number of likely N-dealkylation sites (tertiary alicyclic amines) is 1. The van der Waals surface area contributed by atoms with Gasteiger partial charge in [-0.25, -0.2) is 9.78 Å². The minimum Gasteiger partial charge on any atom is -0.466 e. The van der Waals surface area contributed by atoms with Gasteiger partial charge in [0.15, 0.2) is 0 Å². The molecule has 1 aliphatic rings. The Morgan fingerprint density at radius 3 is 2.61 bits per heavy atom. The van der Waals surface area contributed by atoms with Crippen LogP contribution in [0.25, 0.3) is 11.0 Å². The van der Waals surface area contributed by atoms with Crippen molar-refractivity contribution in [3.8, 4) is 0 Å². The van der Waals surface area contributed by atoms with Gasteiger partial charge in [-0.15, -0.1) is 0 Å². The summed E-state index contributed by atoms with van der Waals surface area (Å²) < 4.78 is 10.4. The van der Waals surface area contributed by atoms with Crippen LogP contribution in [0.2, 0.25) is 0 Å². The highest BCUT2D eigenvalue weighted by molar-refractivity contribution is 5.78. The Hall–Kier alpha value is -2.57. The first-order chi connectivity index (χ1) is 13.2. The third kappa shape index (κ3) is 5.03. The maximum atomic E-state index is 12.2. The summed E-state index contributed by atoms with van der Waals surface area (Å²) in [4.78, 5) is 33.3. The van der Waals surface area contributed by atoms with E-state index >= 15 is 0 Å². The van der Waals surface area contributed by atoms with Gasteiger partial charge in [-0.3, -0.25) is 4.79 Å². The zero-order valence-corrected chi connectivity index (χ0v) is 17.1. The Morgan fingerprint density at radius 2 is 1.96 bits per heavy atom. The molecule has 1 fully saturated rings. The minimum absolute atomic E-state index is 0.145. The molecule has 7 nitrogen and oxygen atoms in total. The van der Waals surface area contributed by atoms with Crippen molar-refractivity contribution < 1.29 is 19.1 Å². The molecule has 0 bridgehead atoms. The van der Waals surface area contributed by atoms with Crippen LogP contribution in [0, 0.1) is 0 Å². The van der Waals surface area contributed by atoms with Gasteiger partial charge < -0.3 is 19.4 Å². The lowest BCUT2D eigenvalue weighted by Crippen LogP contribution is -2.41. The molecule has 28 heavy (non-hydrogen) atoms. The van der Waals surface area contributed by atoms with Gasteiger partial charge in [-0.2, -0.15) is 0 Å².